The molecule has 0 heterocycles. The largest absolute Gasteiger partial charge is 0.493 e. The summed E-state index contributed by atoms with van der Waals surface area (Å²) in [7, 11) is 1.65. The third-order valence-electron chi connectivity index (χ3n) is 2.53. The van der Waals surface area contributed by atoms with Gasteiger partial charge in [0.05, 0.1) is 7.11 Å². The van der Waals surface area contributed by atoms with Crippen molar-refractivity contribution in [1.82, 2.24) is 5.32 Å². The number of ether oxygens (including phenoxy) is 2. The lowest BCUT2D eigenvalue weighted by Crippen LogP contribution is -2.29. The van der Waals surface area contributed by atoms with Crippen molar-refractivity contribution in [2.24, 2.45) is 0 Å². The van der Waals surface area contributed by atoms with Crippen LogP contribution in [0.2, 0.25) is 0 Å². The molecule has 0 radical (unpaired) electrons. The van der Waals surface area contributed by atoms with Gasteiger partial charge in [-0.2, -0.15) is 0 Å². The van der Waals surface area contributed by atoms with Gasteiger partial charge in [-0.05, 0) is 25.5 Å². The molecule has 0 amide bonds. The number of benzene rings is 1. The van der Waals surface area contributed by atoms with Crippen LogP contribution in [0.5, 0.6) is 11.5 Å². The van der Waals surface area contributed by atoms with Gasteiger partial charge in [0.25, 0.3) is 0 Å². The highest BCUT2D eigenvalue weighted by molar-refractivity contribution is 5.39. The Labute approximate surface area is 97.8 Å². The van der Waals surface area contributed by atoms with Crippen molar-refractivity contribution >= 4 is 0 Å². The number of rotatable bonds is 7. The van der Waals surface area contributed by atoms with Crippen molar-refractivity contribution in [2.45, 2.75) is 26.3 Å². The second kappa shape index (κ2) is 7.12. The summed E-state index contributed by atoms with van der Waals surface area (Å²) >= 11 is 0. The Balaban J connectivity index is 2.31. The van der Waals surface area contributed by atoms with Gasteiger partial charge in [0.1, 0.15) is 6.61 Å². The average Bonchev–Trinajstić information content (AvgIpc) is 2.34. The van der Waals surface area contributed by atoms with Crippen molar-refractivity contribution in [2.75, 3.05) is 20.3 Å². The molecule has 0 aliphatic rings. The molecule has 0 unspecified atom stereocenters. The molecule has 1 aromatic carbocycles. The van der Waals surface area contributed by atoms with Crippen LogP contribution in [0.3, 0.4) is 0 Å². The van der Waals surface area contributed by atoms with Gasteiger partial charge in [0, 0.05) is 12.6 Å². The summed E-state index contributed by atoms with van der Waals surface area (Å²) in [5.74, 6) is 1.59. The van der Waals surface area contributed by atoms with E-state index in [1.165, 1.54) is 0 Å². The van der Waals surface area contributed by atoms with Crippen LogP contribution in [0.1, 0.15) is 20.3 Å². The van der Waals surface area contributed by atoms with Crippen molar-refractivity contribution < 1.29 is 9.47 Å². The highest BCUT2D eigenvalue weighted by Crippen LogP contribution is 2.25. The van der Waals surface area contributed by atoms with E-state index in [4.69, 9.17) is 9.47 Å². The third kappa shape index (κ3) is 4.11. The Morgan fingerprint density at radius 1 is 1.25 bits per heavy atom. The molecule has 1 rings (SSSR count). The summed E-state index contributed by atoms with van der Waals surface area (Å²) in [5.41, 5.74) is 0. The molecule has 0 fully saturated rings. The minimum atomic E-state index is 0.543. The summed E-state index contributed by atoms with van der Waals surface area (Å²) < 4.78 is 10.8. The molecule has 0 spiro atoms. The summed E-state index contributed by atoms with van der Waals surface area (Å²) in [6.45, 7) is 5.85. The van der Waals surface area contributed by atoms with E-state index >= 15 is 0 Å². The SMILES string of the molecule is CC[C@H](C)NCCOc1ccccc1OC. The number of methoxy groups -OCH3 is 1. The Kier molecular flexibility index (Phi) is 5.72. The molecular weight excluding hydrogens is 202 g/mol. The lowest BCUT2D eigenvalue weighted by atomic mass is 10.3. The zero-order valence-electron chi connectivity index (χ0n) is 10.3. The lowest BCUT2D eigenvalue weighted by Gasteiger charge is -2.13. The second-order valence-corrected chi connectivity index (χ2v) is 3.76. The predicted octanol–water partition coefficient (Wildman–Crippen LogP) is 2.46. The van der Waals surface area contributed by atoms with Gasteiger partial charge in [0.2, 0.25) is 0 Å². The van der Waals surface area contributed by atoms with Crippen LogP contribution < -0.4 is 14.8 Å². The minimum Gasteiger partial charge on any atom is -0.493 e. The van der Waals surface area contributed by atoms with Gasteiger partial charge in [-0.3, -0.25) is 0 Å². The molecule has 3 heteroatoms. The fourth-order valence-electron chi connectivity index (χ4n) is 1.35. The quantitative estimate of drug-likeness (QED) is 0.720. The van der Waals surface area contributed by atoms with Gasteiger partial charge in [-0.15, -0.1) is 0 Å². The third-order valence-corrected chi connectivity index (χ3v) is 2.53. The van der Waals surface area contributed by atoms with Crippen molar-refractivity contribution in [3.63, 3.8) is 0 Å². The first-order chi connectivity index (χ1) is 7.77. The van der Waals surface area contributed by atoms with Gasteiger partial charge in [-0.1, -0.05) is 19.1 Å². The van der Waals surface area contributed by atoms with Crippen LogP contribution >= 0.6 is 0 Å². The number of hydrogen-bond acceptors (Lipinski definition) is 3. The van der Waals surface area contributed by atoms with E-state index in [1.54, 1.807) is 7.11 Å². The Bertz CT molecular complexity index is 302. The standard InChI is InChI=1S/C13H21NO2/c1-4-11(2)14-9-10-16-13-8-6-5-7-12(13)15-3/h5-8,11,14H,4,9-10H2,1-3H3/t11-/m0/s1. The molecule has 90 valence electrons. The van der Waals surface area contributed by atoms with E-state index < -0.39 is 0 Å². The number of nitrogens with one attached hydrogen (secondary N) is 1. The maximum atomic E-state index is 5.64. The maximum Gasteiger partial charge on any atom is 0.161 e. The van der Waals surface area contributed by atoms with E-state index in [2.05, 4.69) is 19.2 Å². The van der Waals surface area contributed by atoms with Crippen LogP contribution in [-0.2, 0) is 0 Å². The van der Waals surface area contributed by atoms with Crippen LogP contribution in [0, 0.1) is 0 Å². The summed E-state index contributed by atoms with van der Waals surface area (Å²) in [5, 5.41) is 3.37. The molecule has 16 heavy (non-hydrogen) atoms. The van der Waals surface area contributed by atoms with Crippen LogP contribution in [0.25, 0.3) is 0 Å². The highest BCUT2D eigenvalue weighted by Gasteiger charge is 2.02. The van der Waals surface area contributed by atoms with Crippen molar-refractivity contribution in [3.8, 4) is 11.5 Å². The van der Waals surface area contributed by atoms with Crippen molar-refractivity contribution in [3.05, 3.63) is 24.3 Å². The molecule has 1 aromatic rings. The normalized spacial score (nSPS) is 12.2. The monoisotopic (exact) mass is 223 g/mol. The summed E-state index contributed by atoms with van der Waals surface area (Å²) in [6.07, 6.45) is 1.13. The predicted molar refractivity (Wildman–Crippen MR) is 66.2 cm³/mol. The van der Waals surface area contributed by atoms with E-state index in [0.717, 1.165) is 24.5 Å². The maximum absolute atomic E-state index is 5.64. The smallest absolute Gasteiger partial charge is 0.161 e. The highest BCUT2D eigenvalue weighted by atomic mass is 16.5. The zero-order valence-corrected chi connectivity index (χ0v) is 10.3. The lowest BCUT2D eigenvalue weighted by molar-refractivity contribution is 0.287. The van der Waals surface area contributed by atoms with Gasteiger partial charge in [0.15, 0.2) is 11.5 Å². The first-order valence-electron chi connectivity index (χ1n) is 5.77. The van der Waals surface area contributed by atoms with Gasteiger partial charge >= 0.3 is 0 Å². The molecule has 0 bridgehead atoms. The zero-order chi connectivity index (χ0) is 11.8. The molecule has 1 N–H and O–H groups in total. The van der Waals surface area contributed by atoms with Crippen LogP contribution in [0.4, 0.5) is 0 Å². The molecule has 1 atom stereocenters. The summed E-state index contributed by atoms with van der Waals surface area (Å²) in [4.78, 5) is 0. The van der Waals surface area contributed by atoms with Gasteiger partial charge < -0.3 is 14.8 Å². The summed E-state index contributed by atoms with van der Waals surface area (Å²) in [6, 6.07) is 8.24. The fourth-order valence-corrected chi connectivity index (χ4v) is 1.35. The Hall–Kier alpha value is -1.22. The van der Waals surface area contributed by atoms with Crippen LogP contribution in [0.15, 0.2) is 24.3 Å². The topological polar surface area (TPSA) is 30.5 Å². The van der Waals surface area contributed by atoms with E-state index in [0.29, 0.717) is 12.6 Å². The number of hydrogen-bond donors (Lipinski definition) is 1. The molecule has 0 aliphatic heterocycles. The van der Waals surface area contributed by atoms with Crippen LogP contribution in [-0.4, -0.2) is 26.3 Å². The molecule has 0 saturated heterocycles. The van der Waals surface area contributed by atoms with Gasteiger partial charge in [-0.25, -0.2) is 0 Å². The average molecular weight is 223 g/mol. The van der Waals surface area contributed by atoms with Crippen molar-refractivity contribution in [1.29, 1.82) is 0 Å². The fraction of sp³-hybridized carbons (Fsp3) is 0.538. The number of para-hydroxylation sites is 2. The first kappa shape index (κ1) is 12.8. The molecule has 0 aliphatic carbocycles. The minimum absolute atomic E-state index is 0.543. The van der Waals surface area contributed by atoms with E-state index in [-0.39, 0.29) is 0 Å². The second-order valence-electron chi connectivity index (χ2n) is 3.76. The molecule has 0 saturated carbocycles. The Morgan fingerprint density at radius 2 is 1.94 bits per heavy atom. The van der Waals surface area contributed by atoms with E-state index in [9.17, 15) is 0 Å². The molecule has 3 nitrogen and oxygen atoms in total. The molecular formula is C13H21NO2. The Morgan fingerprint density at radius 3 is 2.56 bits per heavy atom. The molecule has 0 aromatic heterocycles. The first-order valence-corrected chi connectivity index (χ1v) is 5.77. The van der Waals surface area contributed by atoms with E-state index in [1.807, 2.05) is 24.3 Å².